The summed E-state index contributed by atoms with van der Waals surface area (Å²) in [7, 11) is 1.62. The third-order valence-electron chi connectivity index (χ3n) is 3.28. The number of rotatable bonds is 3. The molecule has 0 radical (unpaired) electrons. The van der Waals surface area contributed by atoms with Crippen LogP contribution >= 0.6 is 11.6 Å². The van der Waals surface area contributed by atoms with Crippen molar-refractivity contribution in [3.63, 3.8) is 0 Å². The number of hydrogen-bond donors (Lipinski definition) is 2. The van der Waals surface area contributed by atoms with Crippen molar-refractivity contribution in [1.82, 2.24) is 4.98 Å². The van der Waals surface area contributed by atoms with Gasteiger partial charge < -0.3 is 15.8 Å². The van der Waals surface area contributed by atoms with Gasteiger partial charge in [0.1, 0.15) is 5.75 Å². The zero-order valence-corrected chi connectivity index (χ0v) is 12.2. The van der Waals surface area contributed by atoms with Gasteiger partial charge in [0, 0.05) is 39.6 Å². The Balaban J connectivity index is 2.11. The number of benzene rings is 2. The number of pyridine rings is 1. The van der Waals surface area contributed by atoms with Gasteiger partial charge in [-0.2, -0.15) is 0 Å². The van der Waals surface area contributed by atoms with E-state index in [4.69, 9.17) is 22.1 Å². The van der Waals surface area contributed by atoms with Crippen molar-refractivity contribution in [2.75, 3.05) is 18.2 Å². The summed E-state index contributed by atoms with van der Waals surface area (Å²) in [6.45, 7) is 0. The number of nitrogens with two attached hydrogens (primary N) is 1. The summed E-state index contributed by atoms with van der Waals surface area (Å²) in [6.07, 6.45) is 3.51. The van der Waals surface area contributed by atoms with Crippen molar-refractivity contribution in [1.29, 1.82) is 0 Å². The Labute approximate surface area is 127 Å². The van der Waals surface area contributed by atoms with E-state index in [2.05, 4.69) is 10.3 Å². The Morgan fingerprint density at radius 2 is 1.95 bits per heavy atom. The van der Waals surface area contributed by atoms with Gasteiger partial charge in [0.05, 0.1) is 12.8 Å². The van der Waals surface area contributed by atoms with Gasteiger partial charge in [-0.1, -0.05) is 11.6 Å². The van der Waals surface area contributed by atoms with E-state index >= 15 is 0 Å². The third kappa shape index (κ3) is 2.58. The lowest BCUT2D eigenvalue weighted by Crippen LogP contribution is -1.97. The first kappa shape index (κ1) is 13.5. The molecule has 106 valence electrons. The molecule has 0 bridgehead atoms. The van der Waals surface area contributed by atoms with Crippen LogP contribution in [-0.4, -0.2) is 12.1 Å². The van der Waals surface area contributed by atoms with E-state index in [9.17, 15) is 0 Å². The predicted molar refractivity (Wildman–Crippen MR) is 87.4 cm³/mol. The molecule has 0 spiro atoms. The van der Waals surface area contributed by atoms with E-state index in [0.29, 0.717) is 10.8 Å². The van der Waals surface area contributed by atoms with E-state index < -0.39 is 0 Å². The number of aromatic nitrogens is 1. The van der Waals surface area contributed by atoms with Crippen LogP contribution in [0.1, 0.15) is 0 Å². The molecule has 0 saturated heterocycles. The first-order chi connectivity index (χ1) is 10.2. The molecule has 3 N–H and O–H groups in total. The summed E-state index contributed by atoms with van der Waals surface area (Å²) in [6, 6.07) is 11.1. The number of hydrogen-bond acceptors (Lipinski definition) is 4. The Kier molecular flexibility index (Phi) is 3.54. The first-order valence-electron chi connectivity index (χ1n) is 6.42. The fourth-order valence-electron chi connectivity index (χ4n) is 2.25. The normalized spacial score (nSPS) is 10.6. The summed E-state index contributed by atoms with van der Waals surface area (Å²) in [4.78, 5) is 4.16. The molecule has 0 saturated carbocycles. The number of methoxy groups -OCH3 is 1. The van der Waals surface area contributed by atoms with Crippen molar-refractivity contribution in [2.24, 2.45) is 0 Å². The molecule has 21 heavy (non-hydrogen) atoms. The summed E-state index contributed by atoms with van der Waals surface area (Å²) in [5.41, 5.74) is 8.40. The molecule has 0 amide bonds. The number of halogens is 1. The predicted octanol–water partition coefficient (Wildman–Crippen LogP) is 4.22. The molecule has 0 aliphatic rings. The van der Waals surface area contributed by atoms with E-state index in [1.807, 2.05) is 30.3 Å². The highest BCUT2D eigenvalue weighted by Crippen LogP contribution is 2.34. The summed E-state index contributed by atoms with van der Waals surface area (Å²) < 4.78 is 5.35. The highest BCUT2D eigenvalue weighted by Gasteiger charge is 2.08. The topological polar surface area (TPSA) is 60.2 Å². The average molecular weight is 300 g/mol. The van der Waals surface area contributed by atoms with Gasteiger partial charge >= 0.3 is 0 Å². The van der Waals surface area contributed by atoms with Crippen LogP contribution in [-0.2, 0) is 0 Å². The van der Waals surface area contributed by atoms with E-state index in [0.717, 1.165) is 27.8 Å². The fraction of sp³-hybridized carbons (Fsp3) is 0.0625. The van der Waals surface area contributed by atoms with Crippen molar-refractivity contribution >= 4 is 39.4 Å². The molecule has 4 nitrogen and oxygen atoms in total. The zero-order valence-electron chi connectivity index (χ0n) is 11.4. The molecule has 1 aromatic heterocycles. The molecule has 0 aliphatic heterocycles. The van der Waals surface area contributed by atoms with Crippen LogP contribution in [0, 0.1) is 0 Å². The number of anilines is 3. The van der Waals surface area contributed by atoms with Crippen LogP contribution in [0.2, 0.25) is 5.02 Å². The standard InChI is InChI=1S/C16H14ClN3O/c1-21-16-5-2-10(17)8-15(16)20-14-4-3-13(18)11-6-7-19-9-12(11)14/h2-9,20H,18H2,1H3. The molecule has 3 rings (SSSR count). The van der Waals surface area contributed by atoms with Gasteiger partial charge in [-0.15, -0.1) is 0 Å². The lowest BCUT2D eigenvalue weighted by molar-refractivity contribution is 0.417. The second-order valence-electron chi connectivity index (χ2n) is 4.59. The van der Waals surface area contributed by atoms with Crippen LogP contribution in [0.15, 0.2) is 48.8 Å². The van der Waals surface area contributed by atoms with E-state index in [1.165, 1.54) is 0 Å². The maximum absolute atomic E-state index is 6.06. The van der Waals surface area contributed by atoms with Crippen molar-refractivity contribution in [2.45, 2.75) is 0 Å². The molecule has 0 fully saturated rings. The molecule has 2 aromatic carbocycles. The van der Waals surface area contributed by atoms with Crippen LogP contribution < -0.4 is 15.8 Å². The maximum atomic E-state index is 6.06. The summed E-state index contributed by atoms with van der Waals surface area (Å²) >= 11 is 6.06. The molecule has 0 unspecified atom stereocenters. The quantitative estimate of drug-likeness (QED) is 0.711. The van der Waals surface area contributed by atoms with Crippen molar-refractivity contribution < 1.29 is 4.74 Å². The van der Waals surface area contributed by atoms with Gasteiger partial charge in [0.2, 0.25) is 0 Å². The van der Waals surface area contributed by atoms with Crippen LogP contribution in [0.25, 0.3) is 10.8 Å². The number of nitrogens with zero attached hydrogens (tertiary/aromatic N) is 1. The minimum atomic E-state index is 0.635. The van der Waals surface area contributed by atoms with Crippen LogP contribution in [0.3, 0.4) is 0 Å². The molecule has 3 aromatic rings. The van der Waals surface area contributed by atoms with Gasteiger partial charge in [-0.3, -0.25) is 4.98 Å². The molecular weight excluding hydrogens is 286 g/mol. The van der Waals surface area contributed by atoms with E-state index in [-0.39, 0.29) is 0 Å². The SMILES string of the molecule is COc1ccc(Cl)cc1Nc1ccc(N)c2ccncc12. The minimum absolute atomic E-state index is 0.635. The van der Waals surface area contributed by atoms with Crippen molar-refractivity contribution in [3.05, 3.63) is 53.8 Å². The second-order valence-corrected chi connectivity index (χ2v) is 5.03. The van der Waals surface area contributed by atoms with Gasteiger partial charge in [0.15, 0.2) is 0 Å². The smallest absolute Gasteiger partial charge is 0.142 e. The number of nitrogen functional groups attached to an aromatic ring is 1. The largest absolute Gasteiger partial charge is 0.495 e. The van der Waals surface area contributed by atoms with Gasteiger partial charge in [-0.05, 0) is 36.4 Å². The second kappa shape index (κ2) is 5.50. The molecule has 0 aliphatic carbocycles. The van der Waals surface area contributed by atoms with Crippen LogP contribution in [0.4, 0.5) is 17.1 Å². The molecular formula is C16H14ClN3O. The average Bonchev–Trinajstić information content (AvgIpc) is 2.51. The Morgan fingerprint density at radius 1 is 1.10 bits per heavy atom. The Bertz CT molecular complexity index is 805. The number of ether oxygens (including phenoxy) is 1. The molecule has 0 atom stereocenters. The van der Waals surface area contributed by atoms with Crippen molar-refractivity contribution in [3.8, 4) is 5.75 Å². The highest BCUT2D eigenvalue weighted by atomic mass is 35.5. The van der Waals surface area contributed by atoms with Crippen LogP contribution in [0.5, 0.6) is 5.75 Å². The zero-order chi connectivity index (χ0) is 14.8. The summed E-state index contributed by atoms with van der Waals surface area (Å²) in [5, 5.41) is 5.86. The monoisotopic (exact) mass is 299 g/mol. The minimum Gasteiger partial charge on any atom is -0.495 e. The number of nitrogens with one attached hydrogen (secondary N) is 1. The third-order valence-corrected chi connectivity index (χ3v) is 3.52. The van der Waals surface area contributed by atoms with Gasteiger partial charge in [-0.25, -0.2) is 0 Å². The fourth-order valence-corrected chi connectivity index (χ4v) is 2.42. The van der Waals surface area contributed by atoms with Gasteiger partial charge in [0.25, 0.3) is 0 Å². The molecule has 1 heterocycles. The number of fused-ring (bicyclic) bond motifs is 1. The highest BCUT2D eigenvalue weighted by molar-refractivity contribution is 6.31. The lowest BCUT2D eigenvalue weighted by atomic mass is 10.1. The lowest BCUT2D eigenvalue weighted by Gasteiger charge is -2.14. The Hall–Kier alpha value is -2.46. The molecule has 5 heteroatoms. The van der Waals surface area contributed by atoms with E-state index in [1.54, 1.807) is 25.6 Å². The Morgan fingerprint density at radius 3 is 2.76 bits per heavy atom. The maximum Gasteiger partial charge on any atom is 0.142 e. The first-order valence-corrected chi connectivity index (χ1v) is 6.79. The summed E-state index contributed by atoms with van der Waals surface area (Å²) in [5.74, 6) is 0.716.